The number of para-hydroxylation sites is 1. The zero-order valence-electron chi connectivity index (χ0n) is 14.8. The Labute approximate surface area is 146 Å². The van der Waals surface area contributed by atoms with Crippen molar-refractivity contribution in [1.82, 2.24) is 15.1 Å². The molecule has 0 amide bonds. The molecule has 2 aliphatic heterocycles. The highest BCUT2D eigenvalue weighted by Gasteiger charge is 2.26. The predicted octanol–water partition coefficient (Wildman–Crippen LogP) is 2.49. The van der Waals surface area contributed by atoms with Crippen LogP contribution in [0.5, 0.6) is 5.75 Å². The van der Waals surface area contributed by atoms with Gasteiger partial charge in [-0.05, 0) is 44.7 Å². The molecular formula is C20H31N3O. The van der Waals surface area contributed by atoms with Gasteiger partial charge in [-0.25, -0.2) is 0 Å². The standard InChI is InChI=1S/C20H31N3O/c1-4-8-20(24-19-6-2-3-7-19)17(5-1)16-22-11-13-23(14-12-22)18-9-10-21-15-18/h1,4-5,8,18-19,21H,2-3,6-7,9-16H2. The fraction of sp³-hybridized carbons (Fsp3) is 0.700. The van der Waals surface area contributed by atoms with E-state index in [1.807, 2.05) is 0 Å². The van der Waals surface area contributed by atoms with Crippen molar-refractivity contribution in [3.05, 3.63) is 29.8 Å². The van der Waals surface area contributed by atoms with Crippen LogP contribution in [0.4, 0.5) is 0 Å². The van der Waals surface area contributed by atoms with Crippen molar-refractivity contribution < 1.29 is 4.74 Å². The summed E-state index contributed by atoms with van der Waals surface area (Å²) < 4.78 is 6.31. The van der Waals surface area contributed by atoms with Crippen molar-refractivity contribution in [1.29, 1.82) is 0 Å². The second-order valence-electron chi connectivity index (χ2n) is 7.59. The van der Waals surface area contributed by atoms with Gasteiger partial charge in [-0.3, -0.25) is 9.80 Å². The van der Waals surface area contributed by atoms with Gasteiger partial charge in [0.1, 0.15) is 5.75 Å². The number of ether oxygens (including phenoxy) is 1. The van der Waals surface area contributed by atoms with Crippen molar-refractivity contribution in [2.24, 2.45) is 0 Å². The van der Waals surface area contributed by atoms with Crippen LogP contribution in [0, 0.1) is 0 Å². The second-order valence-corrected chi connectivity index (χ2v) is 7.59. The molecule has 0 radical (unpaired) electrons. The molecule has 24 heavy (non-hydrogen) atoms. The molecule has 4 heteroatoms. The first-order valence-electron chi connectivity index (χ1n) is 9.80. The van der Waals surface area contributed by atoms with E-state index < -0.39 is 0 Å². The van der Waals surface area contributed by atoms with Gasteiger partial charge >= 0.3 is 0 Å². The topological polar surface area (TPSA) is 27.7 Å². The Morgan fingerprint density at radius 3 is 2.54 bits per heavy atom. The summed E-state index contributed by atoms with van der Waals surface area (Å²) in [5.74, 6) is 1.12. The van der Waals surface area contributed by atoms with Crippen LogP contribution in [0.2, 0.25) is 0 Å². The third-order valence-corrected chi connectivity index (χ3v) is 5.92. The lowest BCUT2D eigenvalue weighted by atomic mass is 10.1. The molecule has 0 aromatic heterocycles. The van der Waals surface area contributed by atoms with E-state index in [2.05, 4.69) is 39.4 Å². The number of hydrogen-bond acceptors (Lipinski definition) is 4. The molecule has 3 aliphatic rings. The summed E-state index contributed by atoms with van der Waals surface area (Å²) in [6, 6.07) is 9.44. The summed E-state index contributed by atoms with van der Waals surface area (Å²) in [7, 11) is 0. The highest BCUT2D eigenvalue weighted by molar-refractivity contribution is 5.33. The van der Waals surface area contributed by atoms with E-state index in [1.54, 1.807) is 0 Å². The molecule has 3 fully saturated rings. The van der Waals surface area contributed by atoms with Gasteiger partial charge in [-0.1, -0.05) is 18.2 Å². The zero-order valence-corrected chi connectivity index (χ0v) is 14.8. The van der Waals surface area contributed by atoms with Gasteiger partial charge in [0.15, 0.2) is 0 Å². The van der Waals surface area contributed by atoms with Crippen LogP contribution in [0.15, 0.2) is 24.3 Å². The number of benzene rings is 1. The Morgan fingerprint density at radius 2 is 1.79 bits per heavy atom. The van der Waals surface area contributed by atoms with E-state index in [1.165, 1.54) is 76.9 Å². The van der Waals surface area contributed by atoms with Crippen molar-refractivity contribution >= 4 is 0 Å². The third kappa shape index (κ3) is 3.93. The summed E-state index contributed by atoms with van der Waals surface area (Å²) in [6.07, 6.45) is 6.86. The average Bonchev–Trinajstić information content (AvgIpc) is 3.31. The molecular weight excluding hydrogens is 298 g/mol. The van der Waals surface area contributed by atoms with Crippen LogP contribution < -0.4 is 10.1 Å². The Morgan fingerprint density at radius 1 is 1.00 bits per heavy atom. The summed E-state index contributed by atoms with van der Waals surface area (Å²) in [4.78, 5) is 5.27. The van der Waals surface area contributed by atoms with Gasteiger partial charge in [0.05, 0.1) is 6.10 Å². The monoisotopic (exact) mass is 329 g/mol. The lowest BCUT2D eigenvalue weighted by molar-refractivity contribution is 0.0968. The first kappa shape index (κ1) is 16.4. The normalized spacial score (nSPS) is 26.9. The van der Waals surface area contributed by atoms with Crippen LogP contribution in [-0.2, 0) is 6.54 Å². The van der Waals surface area contributed by atoms with Crippen LogP contribution >= 0.6 is 0 Å². The van der Waals surface area contributed by atoms with E-state index in [-0.39, 0.29) is 0 Å². The molecule has 1 aliphatic carbocycles. The Balaban J connectivity index is 1.32. The van der Waals surface area contributed by atoms with Crippen molar-refractivity contribution in [3.8, 4) is 5.75 Å². The fourth-order valence-corrected chi connectivity index (χ4v) is 4.41. The lowest BCUT2D eigenvalue weighted by Crippen LogP contribution is -2.50. The van der Waals surface area contributed by atoms with Crippen molar-refractivity contribution in [2.45, 2.75) is 50.8 Å². The molecule has 1 aromatic carbocycles. The summed E-state index contributed by atoms with van der Waals surface area (Å²) in [5, 5.41) is 3.49. The fourth-order valence-electron chi connectivity index (χ4n) is 4.41. The van der Waals surface area contributed by atoms with E-state index in [0.29, 0.717) is 6.10 Å². The number of nitrogens with one attached hydrogen (secondary N) is 1. The first-order chi connectivity index (χ1) is 11.9. The molecule has 1 saturated carbocycles. The van der Waals surface area contributed by atoms with Gasteiger partial charge in [0, 0.05) is 50.9 Å². The van der Waals surface area contributed by atoms with Crippen LogP contribution in [-0.4, -0.2) is 61.2 Å². The van der Waals surface area contributed by atoms with E-state index in [0.717, 1.165) is 18.3 Å². The second kappa shape index (κ2) is 7.85. The SMILES string of the molecule is c1ccc(OC2CCCC2)c(CN2CCN(C3CCNC3)CC2)c1. The minimum atomic E-state index is 0.442. The zero-order chi connectivity index (χ0) is 16.2. The number of hydrogen-bond donors (Lipinski definition) is 1. The maximum Gasteiger partial charge on any atom is 0.124 e. The van der Waals surface area contributed by atoms with Gasteiger partial charge in [-0.2, -0.15) is 0 Å². The summed E-state index contributed by atoms with van der Waals surface area (Å²) in [5.41, 5.74) is 1.36. The minimum absolute atomic E-state index is 0.442. The Kier molecular flexibility index (Phi) is 5.36. The highest BCUT2D eigenvalue weighted by Crippen LogP contribution is 2.27. The third-order valence-electron chi connectivity index (χ3n) is 5.92. The van der Waals surface area contributed by atoms with Crippen molar-refractivity contribution in [3.63, 3.8) is 0 Å². The van der Waals surface area contributed by atoms with Crippen LogP contribution in [0.3, 0.4) is 0 Å². The Bertz CT molecular complexity index is 515. The molecule has 2 heterocycles. The molecule has 1 atom stereocenters. The van der Waals surface area contributed by atoms with Crippen LogP contribution in [0.1, 0.15) is 37.7 Å². The minimum Gasteiger partial charge on any atom is -0.490 e. The molecule has 2 saturated heterocycles. The molecule has 4 nitrogen and oxygen atoms in total. The first-order valence-corrected chi connectivity index (χ1v) is 9.80. The number of piperazine rings is 1. The van der Waals surface area contributed by atoms with E-state index >= 15 is 0 Å². The molecule has 1 N–H and O–H groups in total. The van der Waals surface area contributed by atoms with E-state index in [4.69, 9.17) is 4.74 Å². The van der Waals surface area contributed by atoms with Gasteiger partial charge in [0.25, 0.3) is 0 Å². The van der Waals surface area contributed by atoms with Crippen LogP contribution in [0.25, 0.3) is 0 Å². The summed E-state index contributed by atoms with van der Waals surface area (Å²) in [6.45, 7) is 8.16. The number of nitrogens with zero attached hydrogens (tertiary/aromatic N) is 2. The maximum absolute atomic E-state index is 6.31. The van der Waals surface area contributed by atoms with E-state index in [9.17, 15) is 0 Å². The summed E-state index contributed by atoms with van der Waals surface area (Å²) >= 11 is 0. The molecule has 0 bridgehead atoms. The molecule has 0 spiro atoms. The van der Waals surface area contributed by atoms with Gasteiger partial charge < -0.3 is 10.1 Å². The number of rotatable bonds is 5. The van der Waals surface area contributed by atoms with Crippen molar-refractivity contribution in [2.75, 3.05) is 39.3 Å². The smallest absolute Gasteiger partial charge is 0.124 e. The molecule has 132 valence electrons. The van der Waals surface area contributed by atoms with Gasteiger partial charge in [-0.15, -0.1) is 0 Å². The lowest BCUT2D eigenvalue weighted by Gasteiger charge is -2.38. The molecule has 4 rings (SSSR count). The van der Waals surface area contributed by atoms with Gasteiger partial charge in [0.2, 0.25) is 0 Å². The maximum atomic E-state index is 6.31. The average molecular weight is 329 g/mol. The molecule has 1 unspecified atom stereocenters. The quantitative estimate of drug-likeness (QED) is 0.898. The predicted molar refractivity (Wildman–Crippen MR) is 97.5 cm³/mol. The Hall–Kier alpha value is -1.10. The molecule has 1 aromatic rings. The largest absolute Gasteiger partial charge is 0.490 e. The highest BCUT2D eigenvalue weighted by atomic mass is 16.5.